The molecule has 0 amide bonds. The minimum Gasteiger partial charge on any atom is -0.481 e. The summed E-state index contributed by atoms with van der Waals surface area (Å²) >= 11 is 0. The molecule has 0 spiro atoms. The summed E-state index contributed by atoms with van der Waals surface area (Å²) in [5.74, 6) is -1.49. The Morgan fingerprint density at radius 1 is 1.14 bits per heavy atom. The molecule has 5 rings (SSSR count). The van der Waals surface area contributed by atoms with Gasteiger partial charge in [0.1, 0.15) is 18.2 Å². The van der Waals surface area contributed by atoms with Crippen molar-refractivity contribution < 1.29 is 32.7 Å². The average molecular weight is 500 g/mol. The van der Waals surface area contributed by atoms with Crippen LogP contribution in [0, 0.1) is 17.6 Å². The number of aromatic nitrogens is 2. The molecule has 1 aromatic heterocycles. The molecule has 10 heteroatoms. The number of nitrogens with zero attached hydrogens (tertiary/aromatic N) is 3. The Kier molecular flexibility index (Phi) is 7.08. The van der Waals surface area contributed by atoms with Gasteiger partial charge in [-0.2, -0.15) is 4.98 Å². The highest BCUT2D eigenvalue weighted by Crippen LogP contribution is 2.37. The zero-order valence-electron chi connectivity index (χ0n) is 19.7. The van der Waals surface area contributed by atoms with Crippen molar-refractivity contribution in [1.29, 1.82) is 0 Å². The van der Waals surface area contributed by atoms with Crippen molar-refractivity contribution in [3.05, 3.63) is 71.1 Å². The van der Waals surface area contributed by atoms with Crippen LogP contribution in [0.15, 0.2) is 47.0 Å². The Balaban J connectivity index is 1.18. The third-order valence-corrected chi connectivity index (χ3v) is 6.95. The number of aliphatic carboxylic acids is 1. The summed E-state index contributed by atoms with van der Waals surface area (Å²) in [6, 6.07) is 11.4. The third-order valence-electron chi connectivity index (χ3n) is 6.95. The normalized spacial score (nSPS) is 18.2. The van der Waals surface area contributed by atoms with Crippen LogP contribution in [0.1, 0.15) is 29.9 Å². The van der Waals surface area contributed by atoms with Gasteiger partial charge in [0.05, 0.1) is 12.5 Å². The van der Waals surface area contributed by atoms with E-state index in [-0.39, 0.29) is 19.1 Å². The third kappa shape index (κ3) is 5.30. The monoisotopic (exact) mass is 499 g/mol. The molecule has 2 fully saturated rings. The number of benzene rings is 2. The minimum atomic E-state index is -0.746. The summed E-state index contributed by atoms with van der Waals surface area (Å²) in [6.45, 7) is 3.04. The zero-order chi connectivity index (χ0) is 25.1. The maximum atomic E-state index is 14.6. The highest BCUT2D eigenvalue weighted by molar-refractivity contribution is 5.71. The van der Waals surface area contributed by atoms with E-state index < -0.39 is 23.0 Å². The molecule has 0 aliphatic carbocycles. The van der Waals surface area contributed by atoms with Crippen LogP contribution in [-0.2, 0) is 32.8 Å². The van der Waals surface area contributed by atoms with Gasteiger partial charge in [-0.15, -0.1) is 0 Å². The van der Waals surface area contributed by atoms with Crippen LogP contribution in [-0.4, -0.2) is 59.0 Å². The number of carboxylic acid groups (broad SMARTS) is 1. The van der Waals surface area contributed by atoms with E-state index in [0.717, 1.165) is 17.2 Å². The first-order chi connectivity index (χ1) is 17.4. The summed E-state index contributed by atoms with van der Waals surface area (Å²) < 4.78 is 44.7. The maximum Gasteiger partial charge on any atom is 0.309 e. The van der Waals surface area contributed by atoms with Gasteiger partial charge < -0.3 is 19.1 Å². The summed E-state index contributed by atoms with van der Waals surface area (Å²) in [4.78, 5) is 17.4. The number of hydrogen-bond donors (Lipinski definition) is 1. The number of hydrogen-bond acceptors (Lipinski definition) is 7. The van der Waals surface area contributed by atoms with Crippen molar-refractivity contribution in [2.45, 2.75) is 31.4 Å². The second-order valence-electron chi connectivity index (χ2n) is 9.45. The van der Waals surface area contributed by atoms with Crippen LogP contribution >= 0.6 is 0 Å². The van der Waals surface area contributed by atoms with E-state index in [1.165, 1.54) is 12.1 Å². The predicted molar refractivity (Wildman–Crippen MR) is 124 cm³/mol. The molecule has 2 aliphatic heterocycles. The van der Waals surface area contributed by atoms with Gasteiger partial charge in [0, 0.05) is 49.9 Å². The van der Waals surface area contributed by atoms with Crippen molar-refractivity contribution in [3.8, 4) is 11.4 Å². The van der Waals surface area contributed by atoms with E-state index in [0.29, 0.717) is 63.0 Å². The van der Waals surface area contributed by atoms with Gasteiger partial charge in [-0.05, 0) is 30.0 Å². The highest BCUT2D eigenvalue weighted by Gasteiger charge is 2.37. The first-order valence-corrected chi connectivity index (χ1v) is 11.9. The lowest BCUT2D eigenvalue weighted by Crippen LogP contribution is -2.49. The Hall–Kier alpha value is -3.21. The molecule has 8 nitrogen and oxygen atoms in total. The first-order valence-electron chi connectivity index (χ1n) is 11.9. The number of carbonyl (C=O) groups is 1. The zero-order valence-corrected chi connectivity index (χ0v) is 19.7. The van der Waals surface area contributed by atoms with E-state index in [4.69, 9.17) is 19.1 Å². The van der Waals surface area contributed by atoms with Crippen molar-refractivity contribution in [2.24, 2.45) is 5.92 Å². The lowest BCUT2D eigenvalue weighted by molar-refractivity contribution is -0.147. The van der Waals surface area contributed by atoms with E-state index in [1.54, 1.807) is 0 Å². The number of likely N-dealkylation sites (tertiary alicyclic amines) is 1. The fourth-order valence-corrected chi connectivity index (χ4v) is 4.81. The molecule has 1 N–H and O–H groups in total. The molecule has 2 aliphatic rings. The smallest absolute Gasteiger partial charge is 0.309 e. The molecule has 0 radical (unpaired) electrons. The van der Waals surface area contributed by atoms with Crippen molar-refractivity contribution in [3.63, 3.8) is 0 Å². The van der Waals surface area contributed by atoms with E-state index >= 15 is 0 Å². The van der Waals surface area contributed by atoms with Crippen LogP contribution in [0.2, 0.25) is 0 Å². The number of rotatable bonds is 9. The lowest BCUT2D eigenvalue weighted by Gasteiger charge is -2.37. The summed E-state index contributed by atoms with van der Waals surface area (Å²) in [6.07, 6.45) is 1.12. The average Bonchev–Trinajstić information content (AvgIpc) is 3.30. The van der Waals surface area contributed by atoms with Crippen molar-refractivity contribution in [2.75, 3.05) is 32.9 Å². The van der Waals surface area contributed by atoms with Crippen LogP contribution < -0.4 is 0 Å². The Bertz CT molecular complexity index is 1200. The van der Waals surface area contributed by atoms with Gasteiger partial charge in [-0.25, -0.2) is 8.78 Å². The van der Waals surface area contributed by atoms with E-state index in [1.807, 2.05) is 24.3 Å². The van der Waals surface area contributed by atoms with Gasteiger partial charge >= 0.3 is 5.97 Å². The number of ether oxygens (including phenoxy) is 2. The van der Waals surface area contributed by atoms with E-state index in [9.17, 15) is 13.6 Å². The number of carboxylic acids is 1. The van der Waals surface area contributed by atoms with Crippen LogP contribution in [0.3, 0.4) is 0 Å². The van der Waals surface area contributed by atoms with Gasteiger partial charge in [0.25, 0.3) is 5.89 Å². The van der Waals surface area contributed by atoms with Crippen LogP contribution in [0.5, 0.6) is 0 Å². The molecule has 0 saturated carbocycles. The molecule has 3 aromatic rings. The fourth-order valence-electron chi connectivity index (χ4n) is 4.81. The highest BCUT2D eigenvalue weighted by atomic mass is 19.1. The molecule has 0 unspecified atom stereocenters. The SMILES string of the molecule is O=C(O)C1CN(Cc2ccc(-c3noc(COCC4(c5ccc(F)cc5F)CCOCC4)n3)cc2)C1. The second kappa shape index (κ2) is 10.4. The van der Waals surface area contributed by atoms with Crippen molar-refractivity contribution >= 4 is 5.97 Å². The lowest BCUT2D eigenvalue weighted by atomic mass is 9.74. The van der Waals surface area contributed by atoms with Crippen LogP contribution in [0.25, 0.3) is 11.4 Å². The predicted octanol–water partition coefficient (Wildman–Crippen LogP) is 3.80. The Morgan fingerprint density at radius 2 is 1.89 bits per heavy atom. The molecule has 0 atom stereocenters. The Labute approximate surface area is 206 Å². The molecule has 36 heavy (non-hydrogen) atoms. The second-order valence-corrected chi connectivity index (χ2v) is 9.45. The fraction of sp³-hybridized carbons (Fsp3) is 0.423. The first kappa shape index (κ1) is 24.5. The van der Waals surface area contributed by atoms with Crippen LogP contribution in [0.4, 0.5) is 8.78 Å². The maximum absolute atomic E-state index is 14.6. The number of halogens is 2. The quantitative estimate of drug-likeness (QED) is 0.475. The van der Waals surface area contributed by atoms with E-state index in [2.05, 4.69) is 15.0 Å². The van der Waals surface area contributed by atoms with Gasteiger partial charge in [-0.1, -0.05) is 35.5 Å². The molecule has 3 heterocycles. The molecule has 2 saturated heterocycles. The molecular formula is C26H27F2N3O5. The summed E-state index contributed by atoms with van der Waals surface area (Å²) in [5, 5.41) is 13.0. The van der Waals surface area contributed by atoms with Gasteiger partial charge in [0.2, 0.25) is 5.82 Å². The Morgan fingerprint density at radius 3 is 2.58 bits per heavy atom. The molecule has 190 valence electrons. The minimum absolute atomic E-state index is 0.0657. The molecular weight excluding hydrogens is 472 g/mol. The topological polar surface area (TPSA) is 97.9 Å². The standard InChI is InChI=1S/C26H27F2N3O5/c27-20-5-6-21(22(28)11-20)26(7-9-34-10-8-26)16-35-15-23-29-24(30-36-23)18-3-1-17(2-4-18)12-31-13-19(14-31)25(32)33/h1-6,11,19H,7-10,12-16H2,(H,32,33). The largest absolute Gasteiger partial charge is 0.481 e. The molecule has 0 bridgehead atoms. The summed E-state index contributed by atoms with van der Waals surface area (Å²) in [7, 11) is 0. The van der Waals surface area contributed by atoms with Crippen molar-refractivity contribution in [1.82, 2.24) is 15.0 Å². The van der Waals surface area contributed by atoms with Gasteiger partial charge in [0.15, 0.2) is 0 Å². The summed E-state index contributed by atoms with van der Waals surface area (Å²) in [5.41, 5.74) is 1.67. The molecule has 2 aromatic carbocycles. The van der Waals surface area contributed by atoms with Gasteiger partial charge in [-0.3, -0.25) is 9.69 Å².